The molecule has 0 amide bonds. The van der Waals surface area contributed by atoms with Crippen LogP contribution in [0.2, 0.25) is 0 Å². The second-order valence-electron chi connectivity index (χ2n) is 4.94. The first kappa shape index (κ1) is 13.9. The average Bonchev–Trinajstić information content (AvgIpc) is 2.87. The predicted octanol–water partition coefficient (Wildman–Crippen LogP) is 3.31. The van der Waals surface area contributed by atoms with E-state index in [9.17, 15) is 0 Å². The van der Waals surface area contributed by atoms with E-state index in [1.807, 2.05) is 30.3 Å². The minimum absolute atomic E-state index is 0.579. The highest BCUT2D eigenvalue weighted by Crippen LogP contribution is 2.28. The largest absolute Gasteiger partial charge is 0.481 e. The van der Waals surface area contributed by atoms with Crippen molar-refractivity contribution in [3.05, 3.63) is 54.7 Å². The van der Waals surface area contributed by atoms with E-state index in [2.05, 4.69) is 33.8 Å². The van der Waals surface area contributed by atoms with Crippen molar-refractivity contribution in [2.45, 2.75) is 6.92 Å². The highest BCUT2D eigenvalue weighted by atomic mass is 16.4. The molecule has 0 spiro atoms. The van der Waals surface area contributed by atoms with Crippen LogP contribution in [0, 0.1) is 0 Å². The molecule has 2 aromatic heterocycles. The summed E-state index contributed by atoms with van der Waals surface area (Å²) in [6.45, 7) is 1.08. The van der Waals surface area contributed by atoms with Gasteiger partial charge in [-0.1, -0.05) is 36.4 Å². The zero-order valence-electron chi connectivity index (χ0n) is 12.0. The summed E-state index contributed by atoms with van der Waals surface area (Å²) < 4.78 is 2.13. The van der Waals surface area contributed by atoms with Crippen molar-refractivity contribution in [3.63, 3.8) is 0 Å². The Morgan fingerprint density at radius 1 is 1.14 bits per heavy atom. The summed E-state index contributed by atoms with van der Waals surface area (Å²) in [7, 11) is 0. The van der Waals surface area contributed by atoms with Crippen LogP contribution < -0.4 is 5.73 Å². The molecule has 5 nitrogen and oxygen atoms in total. The molecule has 0 unspecified atom stereocenters. The number of hydrogen-bond donors (Lipinski definition) is 2. The van der Waals surface area contributed by atoms with Crippen LogP contribution in [0.4, 0.5) is 5.82 Å². The first-order valence-corrected chi connectivity index (χ1v) is 6.81. The molecule has 0 fully saturated rings. The molecule has 4 aromatic rings. The number of anilines is 1. The Morgan fingerprint density at radius 3 is 2.55 bits per heavy atom. The summed E-state index contributed by atoms with van der Waals surface area (Å²) in [6, 6.07) is 16.3. The molecule has 4 rings (SSSR count). The normalized spacial score (nSPS) is 10.6. The van der Waals surface area contributed by atoms with Gasteiger partial charge in [-0.15, -0.1) is 0 Å². The molecule has 2 heterocycles. The third kappa shape index (κ3) is 2.33. The van der Waals surface area contributed by atoms with Crippen molar-refractivity contribution >= 4 is 39.1 Å². The minimum Gasteiger partial charge on any atom is -0.481 e. The second kappa shape index (κ2) is 5.37. The van der Waals surface area contributed by atoms with Gasteiger partial charge < -0.3 is 15.2 Å². The van der Waals surface area contributed by atoms with Crippen LogP contribution in [0.1, 0.15) is 6.92 Å². The van der Waals surface area contributed by atoms with Gasteiger partial charge in [0.25, 0.3) is 5.97 Å². The fourth-order valence-corrected chi connectivity index (χ4v) is 2.56. The molecule has 3 N–H and O–H groups in total. The van der Waals surface area contributed by atoms with E-state index in [1.165, 1.54) is 5.39 Å². The fraction of sp³-hybridized carbons (Fsp3) is 0.0588. The molecule has 0 aliphatic rings. The molecular formula is C17H15N3O2. The SMILES string of the molecule is CC(=O)O.Nc1nc2ccccc2n2cc3ccccc3c12. The van der Waals surface area contributed by atoms with E-state index in [4.69, 9.17) is 15.6 Å². The smallest absolute Gasteiger partial charge is 0.300 e. The van der Waals surface area contributed by atoms with E-state index in [0.717, 1.165) is 28.9 Å². The number of carbonyl (C=O) groups is 1. The number of rotatable bonds is 0. The zero-order valence-corrected chi connectivity index (χ0v) is 12.0. The van der Waals surface area contributed by atoms with Crippen molar-refractivity contribution in [2.24, 2.45) is 0 Å². The van der Waals surface area contributed by atoms with Crippen molar-refractivity contribution < 1.29 is 9.90 Å². The Labute approximate surface area is 126 Å². The molecule has 0 bridgehead atoms. The highest BCUT2D eigenvalue weighted by Gasteiger charge is 2.09. The van der Waals surface area contributed by atoms with E-state index in [-0.39, 0.29) is 0 Å². The van der Waals surface area contributed by atoms with Gasteiger partial charge >= 0.3 is 0 Å². The maximum Gasteiger partial charge on any atom is 0.300 e. The molecule has 22 heavy (non-hydrogen) atoms. The quantitative estimate of drug-likeness (QED) is 0.521. The lowest BCUT2D eigenvalue weighted by Crippen LogP contribution is -1.97. The van der Waals surface area contributed by atoms with Gasteiger partial charge in [0, 0.05) is 23.9 Å². The van der Waals surface area contributed by atoms with Gasteiger partial charge in [-0.05, 0) is 12.1 Å². The van der Waals surface area contributed by atoms with E-state index < -0.39 is 5.97 Å². The van der Waals surface area contributed by atoms with Crippen LogP contribution in [0.25, 0.3) is 27.3 Å². The van der Waals surface area contributed by atoms with Crippen LogP contribution in [-0.2, 0) is 4.79 Å². The molecule has 0 atom stereocenters. The Kier molecular flexibility index (Phi) is 3.39. The van der Waals surface area contributed by atoms with Crippen LogP contribution >= 0.6 is 0 Å². The monoisotopic (exact) mass is 293 g/mol. The first-order chi connectivity index (χ1) is 10.6. The second-order valence-corrected chi connectivity index (χ2v) is 4.94. The molecule has 0 saturated carbocycles. The van der Waals surface area contributed by atoms with E-state index >= 15 is 0 Å². The molecule has 0 aliphatic heterocycles. The summed E-state index contributed by atoms with van der Waals surface area (Å²) in [6.07, 6.45) is 2.12. The maximum absolute atomic E-state index is 9.00. The lowest BCUT2D eigenvalue weighted by atomic mass is 10.2. The Bertz CT molecular complexity index is 985. The number of aliphatic carboxylic acids is 1. The number of hydrogen-bond acceptors (Lipinski definition) is 3. The molecule has 0 aliphatic carbocycles. The van der Waals surface area contributed by atoms with E-state index in [0.29, 0.717) is 5.82 Å². The van der Waals surface area contributed by atoms with Gasteiger partial charge in [-0.3, -0.25) is 4.79 Å². The number of aromatic nitrogens is 2. The van der Waals surface area contributed by atoms with Crippen molar-refractivity contribution in [3.8, 4) is 0 Å². The summed E-state index contributed by atoms with van der Waals surface area (Å²) in [5, 5.41) is 9.75. The third-order valence-corrected chi connectivity index (χ3v) is 3.35. The number of benzene rings is 2. The lowest BCUT2D eigenvalue weighted by molar-refractivity contribution is -0.134. The van der Waals surface area contributed by atoms with Crippen LogP contribution in [0.3, 0.4) is 0 Å². The van der Waals surface area contributed by atoms with Gasteiger partial charge in [0.05, 0.1) is 16.6 Å². The highest BCUT2D eigenvalue weighted by molar-refractivity contribution is 6.04. The average molecular weight is 293 g/mol. The van der Waals surface area contributed by atoms with Crippen LogP contribution in [0.5, 0.6) is 0 Å². The van der Waals surface area contributed by atoms with Gasteiger partial charge in [-0.25, -0.2) is 4.98 Å². The van der Waals surface area contributed by atoms with Crippen LogP contribution in [-0.4, -0.2) is 20.5 Å². The Balaban J connectivity index is 0.000000325. The number of nitrogens with two attached hydrogens (primary N) is 1. The maximum atomic E-state index is 9.00. The van der Waals surface area contributed by atoms with Gasteiger partial charge in [0.1, 0.15) is 5.82 Å². The van der Waals surface area contributed by atoms with E-state index in [1.54, 1.807) is 0 Å². The van der Waals surface area contributed by atoms with Crippen molar-refractivity contribution in [1.29, 1.82) is 0 Å². The summed E-state index contributed by atoms with van der Waals surface area (Å²) in [5.41, 5.74) is 9.09. The van der Waals surface area contributed by atoms with Crippen LogP contribution in [0.15, 0.2) is 54.7 Å². The lowest BCUT2D eigenvalue weighted by Gasteiger charge is -2.04. The van der Waals surface area contributed by atoms with Gasteiger partial charge in [-0.2, -0.15) is 0 Å². The molecule has 110 valence electrons. The summed E-state index contributed by atoms with van der Waals surface area (Å²) in [5.74, 6) is -0.255. The first-order valence-electron chi connectivity index (χ1n) is 6.81. The summed E-state index contributed by atoms with van der Waals surface area (Å²) in [4.78, 5) is 13.5. The summed E-state index contributed by atoms with van der Waals surface area (Å²) >= 11 is 0. The molecule has 0 saturated heterocycles. The van der Waals surface area contributed by atoms with Crippen molar-refractivity contribution in [1.82, 2.24) is 9.38 Å². The number of carboxylic acid groups (broad SMARTS) is 1. The zero-order chi connectivity index (χ0) is 15.7. The minimum atomic E-state index is -0.833. The number of nitrogen functional groups attached to an aromatic ring is 1. The molecule has 0 radical (unpaired) electrons. The number of para-hydroxylation sites is 2. The number of nitrogens with zero attached hydrogens (tertiary/aromatic N) is 2. The number of carboxylic acids is 1. The molecular weight excluding hydrogens is 278 g/mol. The van der Waals surface area contributed by atoms with Gasteiger partial charge in [0.15, 0.2) is 0 Å². The third-order valence-electron chi connectivity index (χ3n) is 3.35. The van der Waals surface area contributed by atoms with Gasteiger partial charge in [0.2, 0.25) is 0 Å². The molecule has 5 heteroatoms. The van der Waals surface area contributed by atoms with Crippen molar-refractivity contribution in [2.75, 3.05) is 5.73 Å². The standard InChI is InChI=1S/C15H11N3.C2H4O2/c16-15-14-11-6-2-1-5-10(11)9-18(14)13-8-4-3-7-12(13)17-15;1-2(3)4/h1-9H,(H2,16,17);1H3,(H,3,4). The predicted molar refractivity (Wildman–Crippen MR) is 87.9 cm³/mol. The topological polar surface area (TPSA) is 80.6 Å². The molecule has 2 aromatic carbocycles. The fourth-order valence-electron chi connectivity index (χ4n) is 2.56. The Hall–Kier alpha value is -3.08. The Morgan fingerprint density at radius 2 is 1.77 bits per heavy atom. The number of fused-ring (bicyclic) bond motifs is 5.